The van der Waals surface area contributed by atoms with Gasteiger partial charge in [0, 0.05) is 11.1 Å². The molecule has 124 valence electrons. The molecule has 5 nitrogen and oxygen atoms in total. The Labute approximate surface area is 141 Å². The molecule has 6 heteroatoms. The molecule has 0 aliphatic carbocycles. The molecule has 0 unspecified atom stereocenters. The van der Waals surface area contributed by atoms with E-state index in [0.717, 1.165) is 30.5 Å². The smallest absolute Gasteiger partial charge is 0.271 e. The highest BCUT2D eigenvalue weighted by molar-refractivity contribution is 7.14. The number of benzene rings is 1. The Bertz CT molecular complexity index is 637. The van der Waals surface area contributed by atoms with Gasteiger partial charge in [-0.1, -0.05) is 12.1 Å². The number of amides is 1. The Morgan fingerprint density at radius 2 is 2.09 bits per heavy atom. The molecule has 2 rings (SSSR count). The van der Waals surface area contributed by atoms with Gasteiger partial charge in [-0.15, -0.1) is 11.3 Å². The predicted molar refractivity (Wildman–Crippen MR) is 95.8 cm³/mol. The van der Waals surface area contributed by atoms with Gasteiger partial charge < -0.3 is 15.5 Å². The maximum absolute atomic E-state index is 12.1. The van der Waals surface area contributed by atoms with Crippen molar-refractivity contribution in [2.75, 3.05) is 31.5 Å². The second-order valence-corrected chi connectivity index (χ2v) is 6.35. The molecule has 0 saturated carbocycles. The minimum Gasteiger partial charge on any atom is -0.345 e. The Morgan fingerprint density at radius 3 is 2.78 bits per heavy atom. The second kappa shape index (κ2) is 8.64. The fourth-order valence-corrected chi connectivity index (χ4v) is 3.04. The molecule has 0 aliphatic heterocycles. The van der Waals surface area contributed by atoms with E-state index in [1.165, 1.54) is 21.8 Å². The number of nitrogens with one attached hydrogen (secondary N) is 3. The van der Waals surface area contributed by atoms with Crippen molar-refractivity contribution in [1.82, 2.24) is 10.3 Å². The van der Waals surface area contributed by atoms with Crippen molar-refractivity contribution < 1.29 is 9.69 Å². The molecule has 0 saturated heterocycles. The molecule has 0 bridgehead atoms. The summed E-state index contributed by atoms with van der Waals surface area (Å²) in [4.78, 5) is 18.0. The van der Waals surface area contributed by atoms with E-state index in [9.17, 15) is 4.79 Å². The van der Waals surface area contributed by atoms with E-state index in [4.69, 9.17) is 0 Å². The molecular formula is C17H25N4OS+. The molecule has 1 heterocycles. The van der Waals surface area contributed by atoms with Crippen LogP contribution < -0.4 is 15.5 Å². The maximum atomic E-state index is 12.1. The van der Waals surface area contributed by atoms with E-state index < -0.39 is 0 Å². The zero-order valence-electron chi connectivity index (χ0n) is 14.0. The summed E-state index contributed by atoms with van der Waals surface area (Å²) in [5, 5.41) is 8.70. The number of thiazole rings is 1. The summed E-state index contributed by atoms with van der Waals surface area (Å²) in [7, 11) is 0. The average Bonchev–Trinajstić information content (AvgIpc) is 3.00. The number of carbonyl (C=O) groups is 1. The topological polar surface area (TPSA) is 58.5 Å². The Kier molecular flexibility index (Phi) is 6.55. The van der Waals surface area contributed by atoms with Crippen molar-refractivity contribution in [3.05, 3.63) is 40.9 Å². The number of hydrogen-bond acceptors (Lipinski definition) is 4. The van der Waals surface area contributed by atoms with Crippen LogP contribution in [0.15, 0.2) is 29.6 Å². The van der Waals surface area contributed by atoms with E-state index >= 15 is 0 Å². The molecule has 2 aromatic rings. The van der Waals surface area contributed by atoms with Crippen molar-refractivity contribution in [3.63, 3.8) is 0 Å². The predicted octanol–water partition coefficient (Wildman–Crippen LogP) is 1.85. The van der Waals surface area contributed by atoms with Gasteiger partial charge in [0.15, 0.2) is 5.13 Å². The van der Waals surface area contributed by atoms with Crippen LogP contribution in [0.3, 0.4) is 0 Å². The number of rotatable bonds is 8. The number of anilines is 2. The van der Waals surface area contributed by atoms with E-state index in [1.54, 1.807) is 5.38 Å². The number of nitrogens with zero attached hydrogens (tertiary/aromatic N) is 1. The number of hydrogen-bond donors (Lipinski definition) is 3. The van der Waals surface area contributed by atoms with Gasteiger partial charge in [0.2, 0.25) is 0 Å². The first-order chi connectivity index (χ1) is 11.1. The van der Waals surface area contributed by atoms with Gasteiger partial charge in [0.05, 0.1) is 26.2 Å². The second-order valence-electron chi connectivity index (χ2n) is 5.50. The van der Waals surface area contributed by atoms with Crippen molar-refractivity contribution >= 4 is 28.1 Å². The summed E-state index contributed by atoms with van der Waals surface area (Å²) in [5.41, 5.74) is 2.64. The average molecular weight is 333 g/mol. The third kappa shape index (κ3) is 5.33. The fraction of sp³-hybridized carbons (Fsp3) is 0.412. The molecule has 1 amide bonds. The van der Waals surface area contributed by atoms with Gasteiger partial charge >= 0.3 is 0 Å². The van der Waals surface area contributed by atoms with Crippen LogP contribution in [0.4, 0.5) is 10.8 Å². The molecule has 0 atom stereocenters. The number of likely N-dealkylation sites (N-methyl/N-ethyl adjacent to an activating group) is 1. The zero-order valence-corrected chi connectivity index (χ0v) is 14.8. The molecule has 1 aromatic heterocycles. The van der Waals surface area contributed by atoms with Crippen molar-refractivity contribution in [2.24, 2.45) is 0 Å². The lowest BCUT2D eigenvalue weighted by Crippen LogP contribution is -3.12. The first-order valence-corrected chi connectivity index (χ1v) is 8.91. The molecule has 0 radical (unpaired) electrons. The summed E-state index contributed by atoms with van der Waals surface area (Å²) in [5.74, 6) is -0.106. The van der Waals surface area contributed by atoms with Crippen LogP contribution in [0.25, 0.3) is 0 Å². The Hall–Kier alpha value is -1.92. The maximum Gasteiger partial charge on any atom is 0.271 e. The summed E-state index contributed by atoms with van der Waals surface area (Å²) >= 11 is 1.44. The molecule has 0 spiro atoms. The summed E-state index contributed by atoms with van der Waals surface area (Å²) < 4.78 is 0. The highest BCUT2D eigenvalue weighted by atomic mass is 32.1. The molecule has 1 aromatic carbocycles. The van der Waals surface area contributed by atoms with Crippen molar-refractivity contribution in [1.29, 1.82) is 0 Å². The molecule has 23 heavy (non-hydrogen) atoms. The van der Waals surface area contributed by atoms with Crippen LogP contribution in [0.1, 0.15) is 29.9 Å². The van der Waals surface area contributed by atoms with E-state index in [2.05, 4.69) is 29.5 Å². The minimum atomic E-state index is -0.106. The van der Waals surface area contributed by atoms with Gasteiger partial charge in [0.1, 0.15) is 5.69 Å². The van der Waals surface area contributed by atoms with Crippen molar-refractivity contribution in [2.45, 2.75) is 20.8 Å². The third-order valence-corrected chi connectivity index (χ3v) is 4.53. The van der Waals surface area contributed by atoms with E-state index in [1.807, 2.05) is 31.2 Å². The highest BCUT2D eigenvalue weighted by Gasteiger charge is 2.11. The Morgan fingerprint density at radius 1 is 1.30 bits per heavy atom. The van der Waals surface area contributed by atoms with E-state index in [0.29, 0.717) is 12.2 Å². The summed E-state index contributed by atoms with van der Waals surface area (Å²) in [6.07, 6.45) is 0. The van der Waals surface area contributed by atoms with Crippen LogP contribution in [0, 0.1) is 6.92 Å². The van der Waals surface area contributed by atoms with Crippen LogP contribution in [-0.4, -0.2) is 37.1 Å². The highest BCUT2D eigenvalue weighted by Crippen LogP contribution is 2.21. The SMILES string of the molecule is CC[NH+](CC)CCNC(=O)c1csc(Nc2cccc(C)c2)n1. The van der Waals surface area contributed by atoms with Crippen LogP contribution in [0.5, 0.6) is 0 Å². The molecule has 0 aliphatic rings. The zero-order chi connectivity index (χ0) is 16.7. The molecule has 0 fully saturated rings. The largest absolute Gasteiger partial charge is 0.345 e. The summed E-state index contributed by atoms with van der Waals surface area (Å²) in [6, 6.07) is 8.08. The van der Waals surface area contributed by atoms with E-state index in [-0.39, 0.29) is 5.91 Å². The van der Waals surface area contributed by atoms with Gasteiger partial charge in [-0.3, -0.25) is 4.79 Å². The number of quaternary nitrogens is 1. The third-order valence-electron chi connectivity index (χ3n) is 3.77. The normalized spacial score (nSPS) is 10.8. The lowest BCUT2D eigenvalue weighted by molar-refractivity contribution is -0.895. The number of aromatic nitrogens is 1. The lowest BCUT2D eigenvalue weighted by atomic mass is 10.2. The fourth-order valence-electron chi connectivity index (χ4n) is 2.33. The molecular weight excluding hydrogens is 308 g/mol. The Balaban J connectivity index is 1.87. The summed E-state index contributed by atoms with van der Waals surface area (Å²) in [6.45, 7) is 10.1. The van der Waals surface area contributed by atoms with Crippen LogP contribution in [-0.2, 0) is 0 Å². The van der Waals surface area contributed by atoms with Gasteiger partial charge in [0.25, 0.3) is 5.91 Å². The minimum absolute atomic E-state index is 0.106. The first-order valence-electron chi connectivity index (χ1n) is 8.03. The van der Waals surface area contributed by atoms with Gasteiger partial charge in [-0.05, 0) is 38.5 Å². The molecule has 3 N–H and O–H groups in total. The van der Waals surface area contributed by atoms with Gasteiger partial charge in [-0.2, -0.15) is 0 Å². The van der Waals surface area contributed by atoms with Gasteiger partial charge in [-0.25, -0.2) is 4.98 Å². The number of aryl methyl sites for hydroxylation is 1. The quantitative estimate of drug-likeness (QED) is 0.691. The number of carbonyl (C=O) groups excluding carboxylic acids is 1. The monoisotopic (exact) mass is 333 g/mol. The lowest BCUT2D eigenvalue weighted by Gasteiger charge is -2.15. The van der Waals surface area contributed by atoms with Crippen LogP contribution >= 0.6 is 11.3 Å². The first kappa shape index (κ1) is 17.4. The standard InChI is InChI=1S/C17H24N4OS/c1-4-21(5-2)10-9-18-16(22)15-12-23-17(20-15)19-14-8-6-7-13(3)11-14/h6-8,11-12H,4-5,9-10H2,1-3H3,(H,18,22)(H,19,20)/p+1. The van der Waals surface area contributed by atoms with Crippen LogP contribution in [0.2, 0.25) is 0 Å². The van der Waals surface area contributed by atoms with Crippen molar-refractivity contribution in [3.8, 4) is 0 Å².